The van der Waals surface area contributed by atoms with Crippen LogP contribution in [0.25, 0.3) is 0 Å². The van der Waals surface area contributed by atoms with E-state index < -0.39 is 44.2 Å². The molecule has 0 aromatic carbocycles. The SMILES string of the molecule is O=C([O-])CC(O)(CC(=O)[O-])C(=O)[O-].O=P([O-])(O)O.[Na+].[Na+].[Na+].[Na+]. The molecule has 106 valence electrons. The molecule has 0 atom stereocenters. The quantitative estimate of drug-likeness (QED) is 0.301. The number of carbonyl (C=O) groups excluding carboxylic acids is 3. The van der Waals surface area contributed by atoms with E-state index in [4.69, 9.17) is 24.4 Å². The predicted molar refractivity (Wildman–Crippen MR) is 41.2 cm³/mol. The molecule has 0 saturated heterocycles. The molecule has 0 bridgehead atoms. The Kier molecular flexibility index (Phi) is 32.8. The number of hydrogen-bond acceptors (Lipinski definition) is 9. The first-order valence-electron chi connectivity index (χ1n) is 3.88. The van der Waals surface area contributed by atoms with Gasteiger partial charge >= 0.3 is 118 Å². The molecular weight excluding hydrogens is 371 g/mol. The molecule has 0 aromatic rings. The zero-order valence-electron chi connectivity index (χ0n) is 12.5. The van der Waals surface area contributed by atoms with Gasteiger partial charge < -0.3 is 49.5 Å². The van der Waals surface area contributed by atoms with E-state index in [0.29, 0.717) is 0 Å². The van der Waals surface area contributed by atoms with Crippen molar-refractivity contribution in [3.8, 4) is 0 Å². The molecule has 16 heteroatoms. The van der Waals surface area contributed by atoms with Crippen LogP contribution in [0, 0.1) is 0 Å². The minimum atomic E-state index is -4.89. The Hall–Kier alpha value is 2.48. The Labute approximate surface area is 213 Å². The summed E-state index contributed by atoms with van der Waals surface area (Å²) in [6.45, 7) is 0. The van der Waals surface area contributed by atoms with Crippen molar-refractivity contribution >= 4 is 25.7 Å². The maximum atomic E-state index is 10.1. The molecule has 0 aliphatic carbocycles. The largest absolute Gasteiger partial charge is 1.00 e. The molecule has 0 saturated carbocycles. The molecule has 0 unspecified atom stereocenters. The van der Waals surface area contributed by atoms with E-state index in [9.17, 15) is 29.7 Å². The molecule has 0 aromatic heterocycles. The fraction of sp³-hybridized carbons (Fsp3) is 0.500. The zero-order chi connectivity index (χ0) is 15.1. The third-order valence-electron chi connectivity index (χ3n) is 1.25. The number of hydrogen-bond donors (Lipinski definition) is 3. The Balaban J connectivity index is -0.0000000627. The third-order valence-corrected chi connectivity index (χ3v) is 1.25. The number of carbonyl (C=O) groups is 3. The Morgan fingerprint density at radius 3 is 1.14 bits per heavy atom. The number of aliphatic carboxylic acids is 3. The minimum Gasteiger partial charge on any atom is -0.756 e. The van der Waals surface area contributed by atoms with Crippen molar-refractivity contribution in [2.75, 3.05) is 0 Å². The molecule has 0 heterocycles. The van der Waals surface area contributed by atoms with Gasteiger partial charge in [0.05, 0.1) is 5.97 Å². The second kappa shape index (κ2) is 18.3. The minimum absolute atomic E-state index is 0. The first-order valence-corrected chi connectivity index (χ1v) is 5.41. The van der Waals surface area contributed by atoms with Crippen LogP contribution in [0.1, 0.15) is 12.8 Å². The van der Waals surface area contributed by atoms with Crippen molar-refractivity contribution in [2.24, 2.45) is 0 Å². The second-order valence-corrected chi connectivity index (χ2v) is 3.89. The van der Waals surface area contributed by atoms with Gasteiger partial charge in [-0.15, -0.1) is 0 Å². The van der Waals surface area contributed by atoms with Gasteiger partial charge in [0.1, 0.15) is 5.60 Å². The van der Waals surface area contributed by atoms with E-state index in [2.05, 4.69) is 0 Å². The van der Waals surface area contributed by atoms with E-state index >= 15 is 0 Å². The van der Waals surface area contributed by atoms with Crippen LogP contribution in [0.4, 0.5) is 0 Å². The first-order chi connectivity index (χ1) is 7.78. The average Bonchev–Trinajstić information content (AvgIpc) is 1.95. The number of carboxylic acid groups (broad SMARTS) is 3. The Morgan fingerprint density at radius 2 is 1.05 bits per heavy atom. The van der Waals surface area contributed by atoms with Gasteiger partial charge in [-0.25, -0.2) is 0 Å². The van der Waals surface area contributed by atoms with E-state index in [1.807, 2.05) is 0 Å². The van der Waals surface area contributed by atoms with Gasteiger partial charge in [0.15, 0.2) is 0 Å². The average molecular weight is 378 g/mol. The predicted octanol–water partition coefficient (Wildman–Crippen LogP) is -18.8. The molecular formula is C6H7Na4O11P. The van der Waals surface area contributed by atoms with Gasteiger partial charge in [0.25, 0.3) is 7.82 Å². The molecule has 3 N–H and O–H groups in total. The van der Waals surface area contributed by atoms with Crippen LogP contribution in [0.15, 0.2) is 0 Å². The van der Waals surface area contributed by atoms with Crippen molar-refractivity contribution in [1.82, 2.24) is 0 Å². The smallest absolute Gasteiger partial charge is 0.756 e. The summed E-state index contributed by atoms with van der Waals surface area (Å²) in [5.41, 5.74) is -2.97. The van der Waals surface area contributed by atoms with Crippen LogP contribution >= 0.6 is 7.82 Å². The van der Waals surface area contributed by atoms with E-state index in [1.54, 1.807) is 0 Å². The van der Waals surface area contributed by atoms with Crippen LogP contribution in [0.2, 0.25) is 0 Å². The molecule has 0 aliphatic heterocycles. The number of aliphatic hydroxyl groups is 1. The molecule has 0 amide bonds. The monoisotopic (exact) mass is 378 g/mol. The van der Waals surface area contributed by atoms with Crippen molar-refractivity contribution in [3.05, 3.63) is 0 Å². The van der Waals surface area contributed by atoms with E-state index in [1.165, 1.54) is 0 Å². The topological polar surface area (TPSA) is 221 Å². The summed E-state index contributed by atoms with van der Waals surface area (Å²) < 4.78 is 8.77. The van der Waals surface area contributed by atoms with Crippen molar-refractivity contribution in [2.45, 2.75) is 18.4 Å². The summed E-state index contributed by atoms with van der Waals surface area (Å²) in [6.07, 6.45) is -2.72. The van der Waals surface area contributed by atoms with Crippen LogP contribution in [0.5, 0.6) is 0 Å². The maximum absolute atomic E-state index is 10.1. The number of phosphoric acid groups is 1. The summed E-state index contributed by atoms with van der Waals surface area (Å²) in [5.74, 6) is -5.98. The zero-order valence-corrected chi connectivity index (χ0v) is 21.4. The summed E-state index contributed by atoms with van der Waals surface area (Å²) in [5, 5.41) is 38.9. The Morgan fingerprint density at radius 1 is 0.864 bits per heavy atom. The molecule has 0 radical (unpaired) electrons. The molecule has 0 spiro atoms. The maximum Gasteiger partial charge on any atom is 1.00 e. The van der Waals surface area contributed by atoms with E-state index in [0.717, 1.165) is 0 Å². The summed E-state index contributed by atoms with van der Waals surface area (Å²) in [7, 11) is -4.89. The molecule has 22 heavy (non-hydrogen) atoms. The summed E-state index contributed by atoms with van der Waals surface area (Å²) in [4.78, 5) is 52.9. The fourth-order valence-electron chi connectivity index (χ4n) is 0.684. The van der Waals surface area contributed by atoms with Gasteiger partial charge in [-0.1, -0.05) is 0 Å². The first kappa shape index (κ1) is 39.5. The number of rotatable bonds is 5. The molecule has 11 nitrogen and oxygen atoms in total. The van der Waals surface area contributed by atoms with Crippen LogP contribution < -0.4 is 138 Å². The van der Waals surface area contributed by atoms with Crippen LogP contribution in [-0.4, -0.2) is 38.4 Å². The van der Waals surface area contributed by atoms with Crippen molar-refractivity contribution in [1.29, 1.82) is 0 Å². The van der Waals surface area contributed by atoms with E-state index in [-0.39, 0.29) is 118 Å². The molecule has 0 aliphatic rings. The number of carboxylic acids is 3. The van der Waals surface area contributed by atoms with Gasteiger partial charge in [0.2, 0.25) is 0 Å². The Bertz CT molecular complexity index is 359. The standard InChI is InChI=1S/C6H8O7.4Na.H3O4P/c7-3(8)1-6(13,5(11)12)2-4(9)10;;;;;1-5(2,3)4/h13H,1-2H2,(H,7,8)(H,9,10)(H,11,12);;;;;(H3,1,2,3,4)/q;4*+1;/p-4. The second-order valence-electron chi connectivity index (χ2n) is 2.91. The normalized spacial score (nSPS) is 9.09. The summed E-state index contributed by atoms with van der Waals surface area (Å²) in [6, 6.07) is 0. The van der Waals surface area contributed by atoms with Gasteiger partial charge in [0, 0.05) is 24.8 Å². The van der Waals surface area contributed by atoms with Gasteiger partial charge in [-0.2, -0.15) is 0 Å². The fourth-order valence-corrected chi connectivity index (χ4v) is 0.684. The van der Waals surface area contributed by atoms with Crippen LogP contribution in [0.3, 0.4) is 0 Å². The van der Waals surface area contributed by atoms with Crippen molar-refractivity contribution < 1.29 is 172 Å². The molecule has 0 rings (SSSR count). The van der Waals surface area contributed by atoms with Crippen LogP contribution in [-0.2, 0) is 18.9 Å². The molecule has 0 fully saturated rings. The van der Waals surface area contributed by atoms with Gasteiger partial charge in [-0.05, 0) is 0 Å². The van der Waals surface area contributed by atoms with Crippen molar-refractivity contribution in [3.63, 3.8) is 0 Å². The third kappa shape index (κ3) is 30.4. The van der Waals surface area contributed by atoms with Gasteiger partial charge in [-0.3, -0.25) is 4.57 Å². The summed E-state index contributed by atoms with van der Waals surface area (Å²) >= 11 is 0.